The Kier molecular flexibility index (Phi) is 2.58. The van der Waals surface area contributed by atoms with E-state index >= 15 is 0 Å². The Morgan fingerprint density at radius 2 is 2.54 bits per heavy atom. The summed E-state index contributed by atoms with van der Waals surface area (Å²) in [6, 6.07) is -1.12. The van der Waals surface area contributed by atoms with Gasteiger partial charge in [0.2, 0.25) is 6.04 Å². The molecule has 70 valence electrons. The van der Waals surface area contributed by atoms with Crippen molar-refractivity contribution in [2.45, 2.75) is 6.04 Å². The molecule has 0 aromatic heterocycles. The lowest BCUT2D eigenvalue weighted by Gasteiger charge is -2.13. The number of hydrogen-bond acceptors (Lipinski definition) is 6. The molecule has 1 unspecified atom stereocenters. The molecule has 0 saturated carbocycles. The van der Waals surface area contributed by atoms with E-state index < -0.39 is 16.9 Å². The number of rotatable bonds is 2. The van der Waals surface area contributed by atoms with Crippen LogP contribution >= 0.6 is 0 Å². The maximum absolute atomic E-state index is 11.0. The Bertz CT molecular complexity index is 296. The van der Waals surface area contributed by atoms with Crippen LogP contribution in [0.25, 0.3) is 0 Å². The fraction of sp³-hybridized carbons (Fsp3) is 0.333. The van der Waals surface area contributed by atoms with Gasteiger partial charge in [-0.1, -0.05) is 0 Å². The lowest BCUT2D eigenvalue weighted by atomic mass is 10.2. The van der Waals surface area contributed by atoms with Crippen molar-refractivity contribution in [1.29, 1.82) is 0 Å². The number of esters is 1. The smallest absolute Gasteiger partial charge is 0.341 e. The summed E-state index contributed by atoms with van der Waals surface area (Å²) in [6.45, 7) is 0. The molecular formula is C6H7N3O4. The maximum atomic E-state index is 11.0. The highest BCUT2D eigenvalue weighted by atomic mass is 16.6. The third-order valence-corrected chi connectivity index (χ3v) is 1.47. The molecule has 0 spiro atoms. The Balaban J connectivity index is 2.87. The first-order chi connectivity index (χ1) is 6.16. The standard InChI is InChI=1S/C6H7N3O4/c1-13-6(10)5-4(9(11)12)2-3-7-8-5/h2-3,5,8H,1H3. The zero-order chi connectivity index (χ0) is 9.84. The molecule has 1 aliphatic rings. The summed E-state index contributed by atoms with van der Waals surface area (Å²) in [4.78, 5) is 20.7. The molecule has 0 aromatic rings. The summed E-state index contributed by atoms with van der Waals surface area (Å²) in [5, 5.41) is 13.9. The van der Waals surface area contributed by atoms with Gasteiger partial charge < -0.3 is 4.74 Å². The van der Waals surface area contributed by atoms with E-state index in [9.17, 15) is 14.9 Å². The first-order valence-corrected chi connectivity index (χ1v) is 3.38. The molecule has 0 radical (unpaired) electrons. The van der Waals surface area contributed by atoms with Crippen LogP contribution in [0.5, 0.6) is 0 Å². The fourth-order valence-corrected chi connectivity index (χ4v) is 0.851. The normalized spacial score (nSPS) is 20.1. The number of nitrogens with one attached hydrogen (secondary N) is 1. The van der Waals surface area contributed by atoms with Crippen molar-refractivity contribution >= 4 is 12.2 Å². The van der Waals surface area contributed by atoms with Crippen LogP contribution in [-0.4, -0.2) is 30.3 Å². The van der Waals surface area contributed by atoms with Crippen molar-refractivity contribution in [3.8, 4) is 0 Å². The molecule has 0 fully saturated rings. The van der Waals surface area contributed by atoms with Gasteiger partial charge in [-0.2, -0.15) is 5.10 Å². The highest BCUT2D eigenvalue weighted by Gasteiger charge is 2.33. The molecule has 0 aromatic carbocycles. The van der Waals surface area contributed by atoms with Gasteiger partial charge in [0.15, 0.2) is 0 Å². The molecule has 7 nitrogen and oxygen atoms in total. The first kappa shape index (κ1) is 9.17. The van der Waals surface area contributed by atoms with Crippen LogP contribution in [0.1, 0.15) is 0 Å². The van der Waals surface area contributed by atoms with E-state index in [1.165, 1.54) is 6.21 Å². The van der Waals surface area contributed by atoms with Gasteiger partial charge in [-0.25, -0.2) is 4.79 Å². The summed E-state index contributed by atoms with van der Waals surface area (Å²) in [6.07, 6.45) is 2.36. The van der Waals surface area contributed by atoms with E-state index in [-0.39, 0.29) is 5.70 Å². The van der Waals surface area contributed by atoms with Crippen molar-refractivity contribution in [2.75, 3.05) is 7.11 Å². The molecule has 13 heavy (non-hydrogen) atoms. The number of hydrazone groups is 1. The van der Waals surface area contributed by atoms with E-state index in [0.717, 1.165) is 13.2 Å². The molecule has 0 amide bonds. The molecule has 0 saturated heterocycles. The third kappa shape index (κ3) is 1.81. The van der Waals surface area contributed by atoms with E-state index in [1.54, 1.807) is 0 Å². The summed E-state index contributed by atoms with van der Waals surface area (Å²) in [5.74, 6) is -0.736. The largest absolute Gasteiger partial charge is 0.467 e. The summed E-state index contributed by atoms with van der Waals surface area (Å²) in [5.41, 5.74) is 2.01. The highest BCUT2D eigenvalue weighted by molar-refractivity contribution is 5.83. The number of nitrogens with zero attached hydrogens (tertiary/aromatic N) is 2. The number of methoxy groups -OCH3 is 1. The Labute approximate surface area is 73.2 Å². The zero-order valence-electron chi connectivity index (χ0n) is 6.76. The second-order valence-electron chi connectivity index (χ2n) is 2.21. The monoisotopic (exact) mass is 185 g/mol. The van der Waals surface area contributed by atoms with Crippen LogP contribution in [0.3, 0.4) is 0 Å². The van der Waals surface area contributed by atoms with Crippen LogP contribution in [0.15, 0.2) is 16.9 Å². The Morgan fingerprint density at radius 1 is 1.85 bits per heavy atom. The first-order valence-electron chi connectivity index (χ1n) is 3.38. The van der Waals surface area contributed by atoms with Gasteiger partial charge in [-0.3, -0.25) is 15.5 Å². The van der Waals surface area contributed by atoms with Gasteiger partial charge in [0, 0.05) is 6.08 Å². The molecule has 0 aliphatic carbocycles. The summed E-state index contributed by atoms with van der Waals surface area (Å²) in [7, 11) is 1.15. The molecule has 7 heteroatoms. The van der Waals surface area contributed by atoms with Crippen LogP contribution in [0.2, 0.25) is 0 Å². The van der Waals surface area contributed by atoms with Crippen molar-refractivity contribution < 1.29 is 14.5 Å². The Morgan fingerprint density at radius 3 is 3.08 bits per heavy atom. The highest BCUT2D eigenvalue weighted by Crippen LogP contribution is 2.07. The quantitative estimate of drug-likeness (QED) is 0.348. The van der Waals surface area contributed by atoms with Crippen LogP contribution < -0.4 is 5.43 Å². The van der Waals surface area contributed by atoms with Crippen LogP contribution in [-0.2, 0) is 9.53 Å². The van der Waals surface area contributed by atoms with Gasteiger partial charge in [0.25, 0.3) is 5.70 Å². The van der Waals surface area contributed by atoms with Crippen LogP contribution in [0.4, 0.5) is 0 Å². The van der Waals surface area contributed by atoms with Crippen molar-refractivity contribution in [3.63, 3.8) is 0 Å². The second kappa shape index (κ2) is 3.65. The fourth-order valence-electron chi connectivity index (χ4n) is 0.851. The summed E-state index contributed by atoms with van der Waals surface area (Å²) >= 11 is 0. The number of ether oxygens (including phenoxy) is 1. The minimum Gasteiger partial charge on any atom is -0.467 e. The molecule has 1 atom stereocenters. The molecule has 1 rings (SSSR count). The third-order valence-electron chi connectivity index (χ3n) is 1.47. The second-order valence-corrected chi connectivity index (χ2v) is 2.21. The minimum atomic E-state index is -1.12. The number of carbonyl (C=O) groups is 1. The molecule has 0 bridgehead atoms. The predicted octanol–water partition coefficient (Wildman–Crippen LogP) is -0.722. The minimum absolute atomic E-state index is 0.276. The maximum Gasteiger partial charge on any atom is 0.341 e. The van der Waals surface area contributed by atoms with E-state index in [2.05, 4.69) is 15.3 Å². The SMILES string of the molecule is COC(=O)C1NN=CC=C1[N+](=O)[O-]. The van der Waals surface area contributed by atoms with Gasteiger partial charge >= 0.3 is 5.97 Å². The molecule has 1 aliphatic heterocycles. The molecular weight excluding hydrogens is 178 g/mol. The lowest BCUT2D eigenvalue weighted by molar-refractivity contribution is -0.429. The number of allylic oxidation sites excluding steroid dienone is 1. The lowest BCUT2D eigenvalue weighted by Crippen LogP contribution is -2.40. The molecule has 1 heterocycles. The topological polar surface area (TPSA) is 93.8 Å². The number of carbonyl (C=O) groups excluding carboxylic acids is 1. The van der Waals surface area contributed by atoms with Crippen molar-refractivity contribution in [2.24, 2.45) is 5.10 Å². The van der Waals surface area contributed by atoms with Crippen molar-refractivity contribution in [1.82, 2.24) is 5.43 Å². The van der Waals surface area contributed by atoms with Crippen molar-refractivity contribution in [3.05, 3.63) is 21.9 Å². The van der Waals surface area contributed by atoms with Gasteiger partial charge in [-0.05, 0) is 0 Å². The zero-order valence-corrected chi connectivity index (χ0v) is 6.76. The van der Waals surface area contributed by atoms with E-state index in [0.29, 0.717) is 0 Å². The Hall–Kier alpha value is -1.92. The molecule has 1 N–H and O–H groups in total. The van der Waals surface area contributed by atoms with E-state index in [4.69, 9.17) is 0 Å². The predicted molar refractivity (Wildman–Crippen MR) is 42.5 cm³/mol. The number of hydrogen-bond donors (Lipinski definition) is 1. The van der Waals surface area contributed by atoms with Gasteiger partial charge in [0.05, 0.1) is 18.2 Å². The average molecular weight is 185 g/mol. The van der Waals surface area contributed by atoms with Gasteiger partial charge in [-0.15, -0.1) is 0 Å². The summed E-state index contributed by atoms with van der Waals surface area (Å²) < 4.78 is 4.35. The van der Waals surface area contributed by atoms with Gasteiger partial charge in [0.1, 0.15) is 0 Å². The average Bonchev–Trinajstić information content (AvgIpc) is 2.16. The van der Waals surface area contributed by atoms with E-state index in [1.807, 2.05) is 0 Å². The number of nitro groups is 1. The van der Waals surface area contributed by atoms with Crippen LogP contribution in [0, 0.1) is 10.1 Å².